The molecule has 0 atom stereocenters. The summed E-state index contributed by atoms with van der Waals surface area (Å²) in [4.78, 5) is 28.9. The van der Waals surface area contributed by atoms with Crippen LogP contribution in [0.3, 0.4) is 0 Å². The van der Waals surface area contributed by atoms with E-state index in [9.17, 15) is 9.59 Å². The summed E-state index contributed by atoms with van der Waals surface area (Å²) >= 11 is 3.17. The highest BCUT2D eigenvalue weighted by molar-refractivity contribution is 9.10. The predicted molar refractivity (Wildman–Crippen MR) is 118 cm³/mol. The molecule has 9 heteroatoms. The first-order valence-corrected chi connectivity index (χ1v) is 10.2. The third-order valence-electron chi connectivity index (χ3n) is 4.54. The van der Waals surface area contributed by atoms with Crippen LogP contribution in [0.1, 0.15) is 32.0 Å². The molecule has 0 aliphatic carbocycles. The number of rotatable bonds is 7. The minimum absolute atomic E-state index is 0.172. The summed E-state index contributed by atoms with van der Waals surface area (Å²) in [5.74, 6) is -0.469. The molecule has 0 radical (unpaired) electrons. The number of benzene rings is 2. The summed E-state index contributed by atoms with van der Waals surface area (Å²) in [6.45, 7) is 0.928. The van der Waals surface area contributed by atoms with Crippen LogP contribution in [0.15, 0.2) is 82.4 Å². The van der Waals surface area contributed by atoms with Crippen LogP contribution in [0.5, 0.6) is 0 Å². The number of amides is 2. The number of nitrogens with zero attached hydrogens (tertiary/aromatic N) is 3. The Bertz CT molecular complexity index is 1200. The average molecular weight is 480 g/mol. The quantitative estimate of drug-likeness (QED) is 0.418. The van der Waals surface area contributed by atoms with Gasteiger partial charge >= 0.3 is 0 Å². The van der Waals surface area contributed by atoms with Crippen LogP contribution in [-0.4, -0.2) is 26.6 Å². The monoisotopic (exact) mass is 479 g/mol. The third kappa shape index (κ3) is 5.26. The maximum Gasteiger partial charge on any atom is 0.291 e. The summed E-state index contributed by atoms with van der Waals surface area (Å²) in [5, 5.41) is 9.78. The van der Waals surface area contributed by atoms with Gasteiger partial charge in [-0.3, -0.25) is 9.59 Å². The number of hydrogen-bond donors (Lipinski definition) is 2. The molecule has 0 fully saturated rings. The molecule has 0 saturated heterocycles. The Morgan fingerprint density at radius 1 is 1.00 bits per heavy atom. The topological polar surface area (TPSA) is 102 Å². The number of nitrogens with one attached hydrogen (secondary N) is 2. The fraction of sp³-hybridized carbons (Fsp3) is 0.0909. The molecule has 0 aliphatic rings. The highest BCUT2D eigenvalue weighted by Crippen LogP contribution is 2.17. The number of aromatic nitrogens is 3. The van der Waals surface area contributed by atoms with E-state index in [1.807, 2.05) is 24.3 Å². The number of carbonyl (C=O) groups is 2. The molecule has 0 saturated carbocycles. The van der Waals surface area contributed by atoms with Crippen LogP contribution >= 0.6 is 15.9 Å². The second-order valence-corrected chi connectivity index (χ2v) is 7.46. The molecule has 2 heterocycles. The van der Waals surface area contributed by atoms with E-state index in [1.165, 1.54) is 6.33 Å². The summed E-state index contributed by atoms with van der Waals surface area (Å²) < 4.78 is 7.44. The molecule has 4 aromatic rings. The Morgan fingerprint density at radius 3 is 2.58 bits per heavy atom. The van der Waals surface area contributed by atoms with Crippen molar-refractivity contribution < 1.29 is 14.0 Å². The van der Waals surface area contributed by atoms with Gasteiger partial charge in [-0.25, -0.2) is 9.67 Å². The van der Waals surface area contributed by atoms with Gasteiger partial charge in [-0.2, -0.15) is 5.10 Å². The van der Waals surface area contributed by atoms with Gasteiger partial charge in [0.1, 0.15) is 12.7 Å². The van der Waals surface area contributed by atoms with E-state index >= 15 is 0 Å². The van der Waals surface area contributed by atoms with Gasteiger partial charge in [0, 0.05) is 17.8 Å². The number of anilines is 1. The highest BCUT2D eigenvalue weighted by atomic mass is 79.9. The lowest BCUT2D eigenvalue weighted by Crippen LogP contribution is -2.24. The zero-order valence-electron chi connectivity index (χ0n) is 16.3. The molecule has 4 rings (SSSR count). The van der Waals surface area contributed by atoms with Crippen LogP contribution in [0.4, 0.5) is 5.69 Å². The van der Waals surface area contributed by atoms with Crippen molar-refractivity contribution in [1.29, 1.82) is 0 Å². The molecule has 2 aromatic carbocycles. The Labute approximate surface area is 186 Å². The molecular formula is C22H18BrN5O3. The minimum Gasteiger partial charge on any atom is -0.444 e. The SMILES string of the molecule is O=C(NCc1ccccc1Cn1cncn1)c1cccc(NC(=O)c2ccc(Br)o2)c1. The van der Waals surface area contributed by atoms with Gasteiger partial charge in [0.15, 0.2) is 10.4 Å². The van der Waals surface area contributed by atoms with E-state index < -0.39 is 5.91 Å². The number of halogens is 1. The van der Waals surface area contributed by atoms with E-state index in [2.05, 4.69) is 36.6 Å². The molecular weight excluding hydrogens is 462 g/mol. The molecule has 2 N–H and O–H groups in total. The first kappa shape index (κ1) is 20.5. The standard InChI is InChI=1S/C22H18BrN5O3/c23-20-9-8-19(31-20)22(30)27-18-7-3-6-15(10-18)21(29)25-11-16-4-1-2-5-17(16)12-28-14-24-13-26-28/h1-10,13-14H,11-12H2,(H,25,29)(H,27,30). The fourth-order valence-electron chi connectivity index (χ4n) is 3.02. The summed E-state index contributed by atoms with van der Waals surface area (Å²) in [5.41, 5.74) is 2.96. The zero-order valence-corrected chi connectivity index (χ0v) is 17.9. The molecule has 0 bridgehead atoms. The molecule has 31 heavy (non-hydrogen) atoms. The largest absolute Gasteiger partial charge is 0.444 e. The van der Waals surface area contributed by atoms with Crippen molar-refractivity contribution in [3.63, 3.8) is 0 Å². The van der Waals surface area contributed by atoms with Crippen LogP contribution in [0.2, 0.25) is 0 Å². The van der Waals surface area contributed by atoms with E-state index in [-0.39, 0.29) is 11.7 Å². The Balaban J connectivity index is 1.40. The Hall–Kier alpha value is -3.72. The van der Waals surface area contributed by atoms with Crippen LogP contribution in [-0.2, 0) is 13.1 Å². The van der Waals surface area contributed by atoms with Gasteiger partial charge in [-0.15, -0.1) is 0 Å². The lowest BCUT2D eigenvalue weighted by molar-refractivity contribution is 0.0948. The van der Waals surface area contributed by atoms with Crippen molar-refractivity contribution in [2.75, 3.05) is 5.32 Å². The van der Waals surface area contributed by atoms with Crippen molar-refractivity contribution in [3.05, 3.63) is 100 Å². The van der Waals surface area contributed by atoms with Gasteiger partial charge in [-0.1, -0.05) is 30.3 Å². The Kier molecular flexibility index (Phi) is 6.23. The molecule has 2 amide bonds. The van der Waals surface area contributed by atoms with Gasteiger partial charge in [-0.05, 0) is 57.4 Å². The van der Waals surface area contributed by atoms with Gasteiger partial charge in [0.25, 0.3) is 11.8 Å². The predicted octanol–water partition coefficient (Wildman–Crippen LogP) is 3.86. The lowest BCUT2D eigenvalue weighted by Gasteiger charge is -2.11. The van der Waals surface area contributed by atoms with E-state index in [1.54, 1.807) is 47.4 Å². The first-order chi connectivity index (χ1) is 15.1. The maximum atomic E-state index is 12.7. The molecule has 0 aliphatic heterocycles. The minimum atomic E-state index is -0.398. The van der Waals surface area contributed by atoms with Crippen molar-refractivity contribution in [1.82, 2.24) is 20.1 Å². The lowest BCUT2D eigenvalue weighted by atomic mass is 10.1. The van der Waals surface area contributed by atoms with E-state index in [0.29, 0.717) is 29.0 Å². The third-order valence-corrected chi connectivity index (χ3v) is 4.96. The van der Waals surface area contributed by atoms with Crippen molar-refractivity contribution in [2.45, 2.75) is 13.1 Å². The molecule has 2 aromatic heterocycles. The van der Waals surface area contributed by atoms with Crippen molar-refractivity contribution >= 4 is 33.4 Å². The molecule has 8 nitrogen and oxygen atoms in total. The highest BCUT2D eigenvalue weighted by Gasteiger charge is 2.13. The number of furan rings is 1. The first-order valence-electron chi connectivity index (χ1n) is 9.42. The fourth-order valence-corrected chi connectivity index (χ4v) is 3.32. The van der Waals surface area contributed by atoms with Gasteiger partial charge < -0.3 is 15.1 Å². The van der Waals surface area contributed by atoms with E-state index in [0.717, 1.165) is 11.1 Å². The normalized spacial score (nSPS) is 10.6. The van der Waals surface area contributed by atoms with E-state index in [4.69, 9.17) is 4.42 Å². The van der Waals surface area contributed by atoms with Gasteiger partial charge in [0.05, 0.1) is 6.54 Å². The van der Waals surface area contributed by atoms with Crippen molar-refractivity contribution in [3.8, 4) is 0 Å². The average Bonchev–Trinajstić information content (AvgIpc) is 3.45. The summed E-state index contributed by atoms with van der Waals surface area (Å²) in [6.07, 6.45) is 3.14. The second-order valence-electron chi connectivity index (χ2n) is 6.68. The van der Waals surface area contributed by atoms with Crippen LogP contribution in [0, 0.1) is 0 Å². The smallest absolute Gasteiger partial charge is 0.291 e. The molecule has 0 spiro atoms. The molecule has 0 unspecified atom stereocenters. The molecule has 156 valence electrons. The number of carbonyl (C=O) groups excluding carboxylic acids is 2. The summed E-state index contributed by atoms with van der Waals surface area (Å²) in [6, 6.07) is 17.8. The van der Waals surface area contributed by atoms with Crippen molar-refractivity contribution in [2.24, 2.45) is 0 Å². The van der Waals surface area contributed by atoms with Crippen LogP contribution < -0.4 is 10.6 Å². The maximum absolute atomic E-state index is 12.7. The second kappa shape index (κ2) is 9.40. The van der Waals surface area contributed by atoms with Crippen LogP contribution in [0.25, 0.3) is 0 Å². The van der Waals surface area contributed by atoms with Gasteiger partial charge in [0.2, 0.25) is 0 Å². The zero-order chi connectivity index (χ0) is 21.6. The summed E-state index contributed by atoms with van der Waals surface area (Å²) in [7, 11) is 0. The Morgan fingerprint density at radius 2 is 1.84 bits per heavy atom. The number of hydrogen-bond acceptors (Lipinski definition) is 5.